The zero-order valence-electron chi connectivity index (χ0n) is 9.00. The van der Waals surface area contributed by atoms with E-state index in [4.69, 9.17) is 5.73 Å². The van der Waals surface area contributed by atoms with Crippen LogP contribution < -0.4 is 5.73 Å². The third-order valence-electron chi connectivity index (χ3n) is 1.97. The average molecular weight is 255 g/mol. The van der Waals surface area contributed by atoms with Crippen molar-refractivity contribution in [2.75, 3.05) is 5.73 Å². The first-order chi connectivity index (χ1) is 8.04. The Kier molecular flexibility index (Phi) is 3.14. The molecule has 90 valence electrons. The van der Waals surface area contributed by atoms with Crippen molar-refractivity contribution >= 4 is 16.5 Å². The van der Waals surface area contributed by atoms with E-state index < -0.39 is 16.6 Å². The highest BCUT2D eigenvalue weighted by atomic mass is 32.2. The molecule has 1 heterocycles. The number of nitrogen functional groups attached to an aromatic ring is 1. The molecule has 1 aromatic heterocycles. The molecular weight excluding hydrogens is 245 g/mol. The molecule has 0 saturated carbocycles. The molecule has 2 rings (SSSR count). The van der Waals surface area contributed by atoms with Crippen LogP contribution in [-0.4, -0.2) is 24.4 Å². The number of rotatable bonds is 3. The van der Waals surface area contributed by atoms with Gasteiger partial charge in [-0.15, -0.1) is 10.2 Å². The molecule has 0 spiro atoms. The monoisotopic (exact) mass is 255 g/mol. The van der Waals surface area contributed by atoms with Gasteiger partial charge in [0.05, 0.1) is 23.6 Å². The van der Waals surface area contributed by atoms with E-state index in [2.05, 4.69) is 15.4 Å². The number of halogens is 1. The van der Waals surface area contributed by atoms with Gasteiger partial charge in [-0.3, -0.25) is 4.21 Å². The molecule has 0 saturated heterocycles. The van der Waals surface area contributed by atoms with Gasteiger partial charge in [-0.25, -0.2) is 4.39 Å². The summed E-state index contributed by atoms with van der Waals surface area (Å²) in [6.07, 6.45) is 0. The maximum absolute atomic E-state index is 13.1. The van der Waals surface area contributed by atoms with Crippen molar-refractivity contribution in [2.24, 2.45) is 7.05 Å². The van der Waals surface area contributed by atoms with E-state index in [1.807, 2.05) is 0 Å². The highest BCUT2D eigenvalue weighted by molar-refractivity contribution is 7.84. The Morgan fingerprint density at radius 2 is 2.24 bits per heavy atom. The third-order valence-corrected chi connectivity index (χ3v) is 3.25. The quantitative estimate of drug-likeness (QED) is 0.794. The lowest BCUT2D eigenvalue weighted by Gasteiger charge is -2.01. The van der Waals surface area contributed by atoms with E-state index >= 15 is 0 Å². The van der Waals surface area contributed by atoms with Crippen LogP contribution in [0.4, 0.5) is 10.1 Å². The second kappa shape index (κ2) is 4.58. The van der Waals surface area contributed by atoms with Crippen molar-refractivity contribution in [3.05, 3.63) is 29.8 Å². The Morgan fingerprint density at radius 1 is 1.47 bits per heavy atom. The standard InChI is InChI=1S/C9H10FN5OS/c1-15-13-9(12-14-15)5-17(16)8-3-6(10)2-7(11)4-8/h2-4H,5,11H2,1H3. The molecule has 1 aromatic carbocycles. The van der Waals surface area contributed by atoms with Gasteiger partial charge in [0.2, 0.25) is 0 Å². The molecule has 0 fully saturated rings. The number of aryl methyl sites for hydroxylation is 1. The molecule has 0 aliphatic rings. The molecule has 2 aromatic rings. The fourth-order valence-electron chi connectivity index (χ4n) is 1.30. The van der Waals surface area contributed by atoms with Gasteiger partial charge in [-0.05, 0) is 23.4 Å². The fourth-order valence-corrected chi connectivity index (χ4v) is 2.33. The largest absolute Gasteiger partial charge is 0.399 e. The van der Waals surface area contributed by atoms with Crippen molar-refractivity contribution in [3.8, 4) is 0 Å². The van der Waals surface area contributed by atoms with Gasteiger partial charge in [0.15, 0.2) is 5.82 Å². The number of nitrogens with two attached hydrogens (primary N) is 1. The Hall–Kier alpha value is -1.83. The molecule has 0 aliphatic heterocycles. The Labute approximate surface area is 99.1 Å². The first-order valence-corrected chi connectivity index (χ1v) is 6.04. The van der Waals surface area contributed by atoms with Crippen molar-refractivity contribution in [1.82, 2.24) is 20.2 Å². The lowest BCUT2D eigenvalue weighted by Crippen LogP contribution is -2.01. The molecule has 17 heavy (non-hydrogen) atoms. The SMILES string of the molecule is Cn1nnc(CS(=O)c2cc(N)cc(F)c2)n1. The molecule has 8 heteroatoms. The lowest BCUT2D eigenvalue weighted by atomic mass is 10.3. The smallest absolute Gasteiger partial charge is 0.187 e. The van der Waals surface area contributed by atoms with E-state index in [1.165, 1.54) is 23.0 Å². The first-order valence-electron chi connectivity index (χ1n) is 4.72. The van der Waals surface area contributed by atoms with E-state index in [-0.39, 0.29) is 11.4 Å². The van der Waals surface area contributed by atoms with Gasteiger partial charge in [0.1, 0.15) is 5.82 Å². The molecule has 1 atom stereocenters. The molecular formula is C9H10FN5OS. The highest BCUT2D eigenvalue weighted by Crippen LogP contribution is 2.16. The van der Waals surface area contributed by atoms with Gasteiger partial charge in [0.25, 0.3) is 0 Å². The van der Waals surface area contributed by atoms with Crippen LogP contribution >= 0.6 is 0 Å². The second-order valence-corrected chi connectivity index (χ2v) is 4.86. The van der Waals surface area contributed by atoms with E-state index in [0.29, 0.717) is 10.7 Å². The number of nitrogens with zero attached hydrogens (tertiary/aromatic N) is 4. The number of hydrogen-bond donors (Lipinski definition) is 1. The van der Waals surface area contributed by atoms with Gasteiger partial charge >= 0.3 is 0 Å². The first kappa shape index (κ1) is 11.6. The fraction of sp³-hybridized carbons (Fsp3) is 0.222. The topological polar surface area (TPSA) is 86.7 Å². The number of hydrogen-bond acceptors (Lipinski definition) is 5. The normalized spacial score (nSPS) is 12.6. The molecule has 0 aliphatic carbocycles. The zero-order chi connectivity index (χ0) is 12.4. The number of tetrazole rings is 1. The summed E-state index contributed by atoms with van der Waals surface area (Å²) in [6.45, 7) is 0. The summed E-state index contributed by atoms with van der Waals surface area (Å²) in [4.78, 5) is 1.59. The lowest BCUT2D eigenvalue weighted by molar-refractivity contribution is 0.623. The number of aromatic nitrogens is 4. The summed E-state index contributed by atoms with van der Waals surface area (Å²) < 4.78 is 25.0. The summed E-state index contributed by atoms with van der Waals surface area (Å²) in [7, 11) is 0.171. The predicted octanol–water partition coefficient (Wildman–Crippen LogP) is 0.239. The summed E-state index contributed by atoms with van der Waals surface area (Å²) in [5, 5.41) is 11.2. The van der Waals surface area contributed by atoms with Crippen LogP contribution in [0, 0.1) is 5.82 Å². The third kappa shape index (κ3) is 2.84. The van der Waals surface area contributed by atoms with Crippen LogP contribution in [0.25, 0.3) is 0 Å². The molecule has 0 bridgehead atoms. The minimum absolute atomic E-state index is 0.0801. The molecule has 2 N–H and O–H groups in total. The maximum Gasteiger partial charge on any atom is 0.187 e. The van der Waals surface area contributed by atoms with Gasteiger partial charge < -0.3 is 5.73 Å². The molecule has 0 amide bonds. The van der Waals surface area contributed by atoms with Crippen LogP contribution in [0.2, 0.25) is 0 Å². The Bertz CT molecular complexity index is 550. The van der Waals surface area contributed by atoms with Crippen molar-refractivity contribution < 1.29 is 8.60 Å². The van der Waals surface area contributed by atoms with Gasteiger partial charge in [-0.2, -0.15) is 4.80 Å². The van der Waals surface area contributed by atoms with Crippen LogP contribution in [0.5, 0.6) is 0 Å². The molecule has 0 radical (unpaired) electrons. The number of benzene rings is 1. The average Bonchev–Trinajstić information content (AvgIpc) is 2.62. The zero-order valence-corrected chi connectivity index (χ0v) is 9.82. The van der Waals surface area contributed by atoms with E-state index in [9.17, 15) is 8.60 Å². The summed E-state index contributed by atoms with van der Waals surface area (Å²) in [5.74, 6) is -0.0920. The highest BCUT2D eigenvalue weighted by Gasteiger charge is 2.11. The Balaban J connectivity index is 2.19. The Morgan fingerprint density at radius 3 is 2.82 bits per heavy atom. The summed E-state index contributed by atoms with van der Waals surface area (Å²) in [6, 6.07) is 3.82. The van der Waals surface area contributed by atoms with E-state index in [0.717, 1.165) is 0 Å². The van der Waals surface area contributed by atoms with Crippen molar-refractivity contribution in [3.63, 3.8) is 0 Å². The van der Waals surface area contributed by atoms with Gasteiger partial charge in [-0.1, -0.05) is 0 Å². The van der Waals surface area contributed by atoms with Crippen LogP contribution in [0.15, 0.2) is 23.1 Å². The summed E-state index contributed by atoms with van der Waals surface area (Å²) in [5.41, 5.74) is 5.71. The van der Waals surface area contributed by atoms with Crippen molar-refractivity contribution in [1.29, 1.82) is 0 Å². The van der Waals surface area contributed by atoms with Crippen LogP contribution in [0.1, 0.15) is 5.82 Å². The maximum atomic E-state index is 13.1. The molecule has 6 nitrogen and oxygen atoms in total. The van der Waals surface area contributed by atoms with Crippen LogP contribution in [0.3, 0.4) is 0 Å². The number of anilines is 1. The predicted molar refractivity (Wildman–Crippen MR) is 59.7 cm³/mol. The minimum atomic E-state index is -1.44. The molecule has 1 unspecified atom stereocenters. The second-order valence-electron chi connectivity index (χ2n) is 3.41. The summed E-state index contributed by atoms with van der Waals surface area (Å²) >= 11 is 0. The minimum Gasteiger partial charge on any atom is -0.399 e. The van der Waals surface area contributed by atoms with Gasteiger partial charge in [0, 0.05) is 10.6 Å². The van der Waals surface area contributed by atoms with Crippen molar-refractivity contribution in [2.45, 2.75) is 10.6 Å². The van der Waals surface area contributed by atoms with E-state index in [1.54, 1.807) is 7.05 Å². The van der Waals surface area contributed by atoms with Crippen LogP contribution in [-0.2, 0) is 23.6 Å².